The van der Waals surface area contributed by atoms with Crippen LogP contribution in [0.15, 0.2) is 41.2 Å². The largest absolute Gasteiger partial charge is 0.376 e. The van der Waals surface area contributed by atoms with Crippen LogP contribution in [0.1, 0.15) is 43.4 Å². The Hall–Kier alpha value is -3.13. The fraction of sp³-hybridized carbons (Fsp3) is 0.519. The van der Waals surface area contributed by atoms with Gasteiger partial charge in [-0.1, -0.05) is 6.07 Å². The van der Waals surface area contributed by atoms with Crippen LogP contribution in [0.5, 0.6) is 0 Å². The van der Waals surface area contributed by atoms with E-state index in [9.17, 15) is 14.4 Å². The number of hydrogen-bond acceptors (Lipinski definition) is 5. The van der Waals surface area contributed by atoms with E-state index in [-0.39, 0.29) is 41.4 Å². The van der Waals surface area contributed by atoms with Gasteiger partial charge in [-0.05, 0) is 61.4 Å². The van der Waals surface area contributed by atoms with Crippen molar-refractivity contribution in [3.63, 3.8) is 0 Å². The van der Waals surface area contributed by atoms with E-state index in [0.717, 1.165) is 55.0 Å². The van der Waals surface area contributed by atoms with Crippen molar-refractivity contribution in [2.24, 2.45) is 11.8 Å². The molecule has 2 bridgehead atoms. The number of aromatic nitrogens is 1. The molecule has 184 valence electrons. The van der Waals surface area contributed by atoms with E-state index in [4.69, 9.17) is 4.74 Å². The number of nitrogens with zero attached hydrogens (tertiary/aromatic N) is 2. The molecule has 5 atom stereocenters. The third-order valence-corrected chi connectivity index (χ3v) is 8.14. The van der Waals surface area contributed by atoms with Crippen LogP contribution in [0, 0.1) is 11.8 Å². The van der Waals surface area contributed by atoms with Crippen molar-refractivity contribution in [2.75, 3.05) is 29.9 Å². The van der Waals surface area contributed by atoms with Crippen LogP contribution in [0.3, 0.4) is 0 Å². The van der Waals surface area contributed by atoms with E-state index in [1.165, 1.54) is 6.92 Å². The standard InChI is InChI=1S/C27H32N4O4/c1-16(32)29-19-7-8-23-18(11-19)12-22(27(34)28-13-20-4-3-9-35-20)26-21-10-17(15-31(23)26)14-30-24(21)5-2-6-25(30)33/h2,5-8,11,17,20-22,26H,3-4,9-10,12-15H2,1H3,(H,28,34)(H,29,32)/t17-,20?,21+,22?,26?/m0/s1. The van der Waals surface area contributed by atoms with Crippen molar-refractivity contribution in [3.8, 4) is 0 Å². The summed E-state index contributed by atoms with van der Waals surface area (Å²) in [6.45, 7) is 4.31. The molecular formula is C27H32N4O4. The van der Waals surface area contributed by atoms with Crippen LogP contribution in [-0.2, 0) is 27.3 Å². The number of ether oxygens (including phenoxy) is 1. The number of amides is 2. The Morgan fingerprint density at radius 1 is 1.17 bits per heavy atom. The highest BCUT2D eigenvalue weighted by Crippen LogP contribution is 2.48. The molecule has 0 saturated carbocycles. The maximum atomic E-state index is 13.7. The van der Waals surface area contributed by atoms with Gasteiger partial charge < -0.3 is 24.8 Å². The van der Waals surface area contributed by atoms with Gasteiger partial charge in [0.05, 0.1) is 12.0 Å². The monoisotopic (exact) mass is 476 g/mol. The minimum atomic E-state index is -0.260. The average Bonchev–Trinajstić information content (AvgIpc) is 3.36. The number of anilines is 2. The Balaban J connectivity index is 1.38. The SMILES string of the molecule is CC(=O)Nc1ccc2c(c1)CC(C(=O)NCC1CCCO1)C1[C@@H]3C[C@H](CN21)Cn1c3cccc1=O. The van der Waals surface area contributed by atoms with Crippen LogP contribution < -0.4 is 21.1 Å². The molecule has 2 saturated heterocycles. The first-order chi connectivity index (χ1) is 17.0. The minimum Gasteiger partial charge on any atom is -0.376 e. The molecule has 1 aromatic heterocycles. The van der Waals surface area contributed by atoms with Gasteiger partial charge >= 0.3 is 0 Å². The Morgan fingerprint density at radius 2 is 2.06 bits per heavy atom. The molecule has 2 fully saturated rings. The normalized spacial score (nSPS) is 28.5. The zero-order chi connectivity index (χ0) is 24.1. The van der Waals surface area contributed by atoms with Gasteiger partial charge in [0.15, 0.2) is 0 Å². The van der Waals surface area contributed by atoms with Gasteiger partial charge in [0.1, 0.15) is 0 Å². The lowest BCUT2D eigenvalue weighted by Crippen LogP contribution is -2.60. The maximum absolute atomic E-state index is 13.7. The van der Waals surface area contributed by atoms with E-state index in [1.54, 1.807) is 6.07 Å². The second-order valence-electron chi connectivity index (χ2n) is 10.5. The molecule has 0 spiro atoms. The van der Waals surface area contributed by atoms with Crippen LogP contribution in [-0.4, -0.2) is 48.2 Å². The first-order valence-corrected chi connectivity index (χ1v) is 12.7. The van der Waals surface area contributed by atoms with Crippen LogP contribution in [0.4, 0.5) is 11.4 Å². The highest BCUT2D eigenvalue weighted by Gasteiger charge is 2.49. The second kappa shape index (κ2) is 8.82. The molecule has 1 aromatic carbocycles. The summed E-state index contributed by atoms with van der Waals surface area (Å²) in [4.78, 5) is 40.4. The fourth-order valence-electron chi connectivity index (χ4n) is 6.75. The first-order valence-electron chi connectivity index (χ1n) is 12.7. The lowest BCUT2D eigenvalue weighted by atomic mass is 9.69. The quantitative estimate of drug-likeness (QED) is 0.706. The molecule has 8 nitrogen and oxygen atoms in total. The number of rotatable bonds is 4. The van der Waals surface area contributed by atoms with Gasteiger partial charge in [-0.15, -0.1) is 0 Å². The maximum Gasteiger partial charge on any atom is 0.250 e. The molecular weight excluding hydrogens is 444 g/mol. The molecule has 5 heterocycles. The average molecular weight is 477 g/mol. The van der Waals surface area contributed by atoms with Crippen molar-refractivity contribution >= 4 is 23.2 Å². The molecule has 8 heteroatoms. The third kappa shape index (κ3) is 4.03. The van der Waals surface area contributed by atoms with E-state index in [0.29, 0.717) is 25.4 Å². The number of pyridine rings is 1. The second-order valence-corrected chi connectivity index (χ2v) is 10.5. The topological polar surface area (TPSA) is 92.7 Å². The third-order valence-electron chi connectivity index (χ3n) is 8.14. The lowest BCUT2D eigenvalue weighted by molar-refractivity contribution is -0.127. The number of piperidine rings is 1. The number of carbonyl (C=O) groups is 2. The molecule has 0 radical (unpaired) electrons. The van der Waals surface area contributed by atoms with Crippen LogP contribution in [0.25, 0.3) is 0 Å². The van der Waals surface area contributed by atoms with Gasteiger partial charge in [0, 0.05) is 68.3 Å². The van der Waals surface area contributed by atoms with E-state index in [2.05, 4.69) is 27.7 Å². The van der Waals surface area contributed by atoms with Gasteiger partial charge in [-0.3, -0.25) is 14.4 Å². The summed E-state index contributed by atoms with van der Waals surface area (Å²) in [6.07, 6.45) is 3.68. The van der Waals surface area contributed by atoms with Gasteiger partial charge in [0.25, 0.3) is 5.56 Å². The summed E-state index contributed by atoms with van der Waals surface area (Å²) in [6, 6.07) is 11.5. The molecule has 2 N–H and O–H groups in total. The predicted molar refractivity (Wildman–Crippen MR) is 133 cm³/mol. The Bertz CT molecular complexity index is 1220. The zero-order valence-corrected chi connectivity index (χ0v) is 20.0. The fourth-order valence-corrected chi connectivity index (χ4v) is 6.75. The van der Waals surface area contributed by atoms with Crippen LogP contribution >= 0.6 is 0 Å². The molecule has 35 heavy (non-hydrogen) atoms. The van der Waals surface area contributed by atoms with E-state index in [1.807, 2.05) is 22.8 Å². The smallest absolute Gasteiger partial charge is 0.250 e. The van der Waals surface area contributed by atoms with E-state index < -0.39 is 0 Å². The first kappa shape index (κ1) is 22.3. The molecule has 2 aromatic rings. The number of fused-ring (bicyclic) bond motifs is 8. The Morgan fingerprint density at radius 3 is 2.86 bits per heavy atom. The number of benzene rings is 1. The summed E-state index contributed by atoms with van der Waals surface area (Å²) < 4.78 is 7.65. The van der Waals surface area contributed by atoms with Crippen molar-refractivity contribution < 1.29 is 14.3 Å². The van der Waals surface area contributed by atoms with Gasteiger partial charge in [-0.25, -0.2) is 0 Å². The predicted octanol–water partition coefficient (Wildman–Crippen LogP) is 2.27. The van der Waals surface area contributed by atoms with Gasteiger partial charge in [-0.2, -0.15) is 0 Å². The summed E-state index contributed by atoms with van der Waals surface area (Å²) in [5, 5.41) is 6.07. The molecule has 2 amide bonds. The van der Waals surface area contributed by atoms with E-state index >= 15 is 0 Å². The molecule has 0 aliphatic carbocycles. The van der Waals surface area contributed by atoms with Crippen molar-refractivity contribution in [1.29, 1.82) is 0 Å². The van der Waals surface area contributed by atoms with Crippen molar-refractivity contribution in [2.45, 2.75) is 57.2 Å². The highest BCUT2D eigenvalue weighted by molar-refractivity contribution is 5.89. The molecule has 4 aliphatic heterocycles. The lowest BCUT2D eigenvalue weighted by Gasteiger charge is -2.54. The summed E-state index contributed by atoms with van der Waals surface area (Å²) in [5.74, 6) is 0.127. The number of carbonyl (C=O) groups excluding carboxylic acids is 2. The summed E-state index contributed by atoms with van der Waals surface area (Å²) in [5.41, 5.74) is 4.05. The number of hydrogen-bond donors (Lipinski definition) is 2. The highest BCUT2D eigenvalue weighted by atomic mass is 16.5. The summed E-state index contributed by atoms with van der Waals surface area (Å²) in [7, 11) is 0. The van der Waals surface area contributed by atoms with Crippen molar-refractivity contribution in [3.05, 3.63) is 58.0 Å². The van der Waals surface area contributed by atoms with Crippen molar-refractivity contribution in [1.82, 2.24) is 9.88 Å². The summed E-state index contributed by atoms with van der Waals surface area (Å²) >= 11 is 0. The number of nitrogens with one attached hydrogen (secondary N) is 2. The molecule has 3 unspecified atom stereocenters. The Kier molecular flexibility index (Phi) is 5.63. The van der Waals surface area contributed by atoms with Crippen LogP contribution in [0.2, 0.25) is 0 Å². The van der Waals surface area contributed by atoms with Gasteiger partial charge in [0.2, 0.25) is 11.8 Å². The minimum absolute atomic E-state index is 0.0248. The molecule has 6 rings (SSSR count). The zero-order valence-electron chi connectivity index (χ0n) is 20.0. The molecule has 4 aliphatic rings. The Labute approximate surface area is 204 Å².